The molecule has 1 amide bonds. The van der Waals surface area contributed by atoms with Crippen LogP contribution in [-0.2, 0) is 17.8 Å². The number of halogens is 1. The number of anilines is 1. The number of amides is 1. The molecule has 7 nitrogen and oxygen atoms in total. The maximum absolute atomic E-state index is 12.7. The van der Waals surface area contributed by atoms with Gasteiger partial charge in [-0.15, -0.1) is 0 Å². The van der Waals surface area contributed by atoms with Crippen LogP contribution in [0, 0.1) is 11.3 Å². The van der Waals surface area contributed by atoms with Gasteiger partial charge in [0.05, 0.1) is 17.8 Å². The molecular formula is C17H16ClN5O2. The van der Waals surface area contributed by atoms with Crippen LogP contribution in [-0.4, -0.2) is 22.5 Å². The molecule has 0 radical (unpaired) electrons. The number of fused-ring (bicyclic) bond motifs is 1. The second-order valence-corrected chi connectivity index (χ2v) is 6.18. The van der Waals surface area contributed by atoms with Gasteiger partial charge in [0.15, 0.2) is 0 Å². The molecule has 1 aromatic heterocycles. The Balaban J connectivity index is 1.86. The molecule has 1 unspecified atom stereocenters. The van der Waals surface area contributed by atoms with Crippen molar-refractivity contribution in [2.24, 2.45) is 0 Å². The molecule has 0 saturated heterocycles. The minimum absolute atomic E-state index is 0.201. The van der Waals surface area contributed by atoms with Gasteiger partial charge in [0.1, 0.15) is 17.6 Å². The fraction of sp³-hybridized carbons (Fsp3) is 0.294. The largest absolute Gasteiger partial charge is 0.375 e. The third kappa shape index (κ3) is 3.35. The Bertz CT molecular complexity index is 932. The van der Waals surface area contributed by atoms with E-state index >= 15 is 0 Å². The fourth-order valence-corrected chi connectivity index (χ4v) is 3.21. The van der Waals surface area contributed by atoms with Gasteiger partial charge >= 0.3 is 0 Å². The van der Waals surface area contributed by atoms with Crippen molar-refractivity contribution < 1.29 is 4.79 Å². The van der Waals surface area contributed by atoms with Crippen molar-refractivity contribution in [3.8, 4) is 6.07 Å². The Morgan fingerprint density at radius 2 is 2.28 bits per heavy atom. The SMILES string of the molecule is CNC(=O)C1CCc2ncc(NCc3cc(Cl)cc(C#N)c3)c(=O)n21. The summed E-state index contributed by atoms with van der Waals surface area (Å²) < 4.78 is 1.44. The van der Waals surface area contributed by atoms with E-state index in [-0.39, 0.29) is 11.5 Å². The summed E-state index contributed by atoms with van der Waals surface area (Å²) in [5.41, 5.74) is 1.25. The van der Waals surface area contributed by atoms with Gasteiger partial charge in [-0.2, -0.15) is 5.26 Å². The van der Waals surface area contributed by atoms with Crippen LogP contribution in [0.25, 0.3) is 0 Å². The van der Waals surface area contributed by atoms with Gasteiger partial charge in [0.2, 0.25) is 5.91 Å². The van der Waals surface area contributed by atoms with E-state index in [1.807, 2.05) is 6.07 Å². The second kappa shape index (κ2) is 6.95. The van der Waals surface area contributed by atoms with Crippen LogP contribution in [0.5, 0.6) is 0 Å². The first-order valence-electron chi connectivity index (χ1n) is 7.79. The highest BCUT2D eigenvalue weighted by atomic mass is 35.5. The number of carbonyl (C=O) groups is 1. The van der Waals surface area contributed by atoms with Crippen LogP contribution < -0.4 is 16.2 Å². The standard InChI is InChI=1S/C17H16ClN5O2/c1-20-16(24)14-2-3-15-22-9-13(17(25)23(14)15)21-8-11-4-10(7-19)5-12(18)6-11/h4-6,9,14,21H,2-3,8H2,1H3,(H,20,24). The zero-order valence-corrected chi connectivity index (χ0v) is 14.3. The number of carbonyl (C=O) groups excluding carboxylic acids is 1. The van der Waals surface area contributed by atoms with Gasteiger partial charge in [-0.05, 0) is 30.2 Å². The van der Waals surface area contributed by atoms with Crippen LogP contribution in [0.3, 0.4) is 0 Å². The maximum atomic E-state index is 12.7. The number of nitriles is 1. The highest BCUT2D eigenvalue weighted by Gasteiger charge is 2.30. The average molecular weight is 358 g/mol. The van der Waals surface area contributed by atoms with Crippen molar-refractivity contribution in [3.63, 3.8) is 0 Å². The molecule has 1 aliphatic heterocycles. The lowest BCUT2D eigenvalue weighted by atomic mass is 10.1. The molecule has 0 bridgehead atoms. The van der Waals surface area contributed by atoms with Crippen LogP contribution in [0.15, 0.2) is 29.2 Å². The molecule has 25 heavy (non-hydrogen) atoms. The molecule has 8 heteroatoms. The van der Waals surface area contributed by atoms with Crippen molar-refractivity contribution in [2.45, 2.75) is 25.4 Å². The average Bonchev–Trinajstić information content (AvgIpc) is 3.05. The molecule has 2 N–H and O–H groups in total. The summed E-state index contributed by atoms with van der Waals surface area (Å²) >= 11 is 5.99. The predicted molar refractivity (Wildman–Crippen MR) is 93.4 cm³/mol. The van der Waals surface area contributed by atoms with Crippen molar-refractivity contribution >= 4 is 23.2 Å². The van der Waals surface area contributed by atoms with Crippen LogP contribution in [0.1, 0.15) is 29.4 Å². The summed E-state index contributed by atoms with van der Waals surface area (Å²) in [7, 11) is 1.55. The van der Waals surface area contributed by atoms with Gasteiger partial charge in [0.25, 0.3) is 5.56 Å². The van der Waals surface area contributed by atoms with E-state index in [1.165, 1.54) is 10.8 Å². The first kappa shape index (κ1) is 17.0. The molecule has 1 aromatic carbocycles. The summed E-state index contributed by atoms with van der Waals surface area (Å²) in [6, 6.07) is 6.51. The van der Waals surface area contributed by atoms with Gasteiger partial charge in [-0.3, -0.25) is 14.2 Å². The highest BCUT2D eigenvalue weighted by molar-refractivity contribution is 6.30. The number of likely N-dealkylation sites (N-methyl/N-ethyl adjacent to an activating group) is 1. The molecule has 3 rings (SSSR count). The Labute approximate surface area is 149 Å². The number of aryl methyl sites for hydroxylation is 1. The normalized spacial score (nSPS) is 15.3. The molecule has 1 atom stereocenters. The molecule has 2 aromatic rings. The minimum Gasteiger partial charge on any atom is -0.375 e. The van der Waals surface area contributed by atoms with Crippen LogP contribution in [0.4, 0.5) is 5.69 Å². The van der Waals surface area contributed by atoms with Crippen LogP contribution >= 0.6 is 11.6 Å². The van der Waals surface area contributed by atoms with Crippen molar-refractivity contribution in [2.75, 3.05) is 12.4 Å². The summed E-state index contributed by atoms with van der Waals surface area (Å²) in [6.07, 6.45) is 2.63. The van der Waals surface area contributed by atoms with E-state index in [2.05, 4.69) is 15.6 Å². The van der Waals surface area contributed by atoms with E-state index in [0.29, 0.717) is 41.5 Å². The monoisotopic (exact) mass is 357 g/mol. The number of hydrogen-bond acceptors (Lipinski definition) is 5. The maximum Gasteiger partial charge on any atom is 0.277 e. The number of nitrogens with one attached hydrogen (secondary N) is 2. The summed E-state index contributed by atoms with van der Waals surface area (Å²) in [5, 5.41) is 15.1. The Hall–Kier alpha value is -2.85. The number of aromatic nitrogens is 2. The lowest BCUT2D eigenvalue weighted by Gasteiger charge is -2.14. The quantitative estimate of drug-likeness (QED) is 0.866. The minimum atomic E-state index is -0.530. The zero-order valence-electron chi connectivity index (χ0n) is 13.5. The molecule has 0 fully saturated rings. The first-order valence-corrected chi connectivity index (χ1v) is 8.16. The summed E-state index contributed by atoms with van der Waals surface area (Å²) in [4.78, 5) is 29.0. The molecular weight excluding hydrogens is 342 g/mol. The van der Waals surface area contributed by atoms with E-state index in [9.17, 15) is 9.59 Å². The van der Waals surface area contributed by atoms with Crippen LogP contribution in [0.2, 0.25) is 5.02 Å². The third-order valence-electron chi connectivity index (χ3n) is 4.14. The number of benzene rings is 1. The van der Waals surface area contributed by atoms with E-state index in [4.69, 9.17) is 16.9 Å². The Morgan fingerprint density at radius 3 is 3.00 bits per heavy atom. The van der Waals surface area contributed by atoms with Gasteiger partial charge in [-0.1, -0.05) is 11.6 Å². The van der Waals surface area contributed by atoms with Gasteiger partial charge in [0, 0.05) is 25.0 Å². The Morgan fingerprint density at radius 1 is 1.48 bits per heavy atom. The summed E-state index contributed by atoms with van der Waals surface area (Å²) in [5.74, 6) is 0.409. The second-order valence-electron chi connectivity index (χ2n) is 5.75. The van der Waals surface area contributed by atoms with Gasteiger partial charge < -0.3 is 10.6 Å². The Kier molecular flexibility index (Phi) is 4.72. The van der Waals surface area contributed by atoms with E-state index in [1.54, 1.807) is 25.2 Å². The first-order chi connectivity index (χ1) is 12.0. The lowest BCUT2D eigenvalue weighted by molar-refractivity contribution is -0.123. The van der Waals surface area contributed by atoms with Crippen molar-refractivity contribution in [1.82, 2.24) is 14.9 Å². The van der Waals surface area contributed by atoms with Crippen molar-refractivity contribution in [1.29, 1.82) is 5.26 Å². The number of rotatable bonds is 4. The number of nitrogens with zero attached hydrogens (tertiary/aromatic N) is 3. The predicted octanol–water partition coefficient (Wildman–Crippen LogP) is 1.61. The zero-order chi connectivity index (χ0) is 18.0. The highest BCUT2D eigenvalue weighted by Crippen LogP contribution is 2.23. The topological polar surface area (TPSA) is 99.8 Å². The number of hydrogen-bond donors (Lipinski definition) is 2. The molecule has 0 aliphatic carbocycles. The van der Waals surface area contributed by atoms with E-state index < -0.39 is 6.04 Å². The molecule has 1 aliphatic rings. The molecule has 0 saturated carbocycles. The molecule has 2 heterocycles. The lowest BCUT2D eigenvalue weighted by Crippen LogP contribution is -2.35. The smallest absolute Gasteiger partial charge is 0.277 e. The molecule has 128 valence electrons. The summed E-state index contributed by atoms with van der Waals surface area (Å²) in [6.45, 7) is 0.316. The third-order valence-corrected chi connectivity index (χ3v) is 4.36. The molecule has 0 spiro atoms. The van der Waals surface area contributed by atoms with Crippen molar-refractivity contribution in [3.05, 3.63) is 56.7 Å². The van der Waals surface area contributed by atoms with E-state index in [0.717, 1.165) is 5.56 Å². The van der Waals surface area contributed by atoms with Gasteiger partial charge in [-0.25, -0.2) is 4.98 Å². The fourth-order valence-electron chi connectivity index (χ4n) is 2.96.